The average molecular weight is 313 g/mol. The molecule has 0 spiro atoms. The molecule has 0 bridgehead atoms. The molecule has 0 radical (unpaired) electrons. The van der Waals surface area contributed by atoms with Crippen LogP contribution >= 0.6 is 0 Å². The summed E-state index contributed by atoms with van der Waals surface area (Å²) >= 11 is 0. The van der Waals surface area contributed by atoms with Gasteiger partial charge in [-0.1, -0.05) is 30.3 Å². The highest BCUT2D eigenvalue weighted by molar-refractivity contribution is 5.71. The average Bonchev–Trinajstić information content (AvgIpc) is 2.59. The van der Waals surface area contributed by atoms with E-state index < -0.39 is 6.09 Å². The largest absolute Gasteiger partial charge is 0.489 e. The lowest BCUT2D eigenvalue weighted by molar-refractivity contribution is -0.0718. The molecular weight excluding hydrogens is 294 g/mol. The van der Waals surface area contributed by atoms with Crippen molar-refractivity contribution in [1.29, 1.82) is 0 Å². The summed E-state index contributed by atoms with van der Waals surface area (Å²) in [7, 11) is 0. The molecule has 1 N–H and O–H groups in total. The van der Waals surface area contributed by atoms with E-state index in [1.165, 1.54) is 0 Å². The molecule has 3 rings (SSSR count). The van der Waals surface area contributed by atoms with E-state index in [-0.39, 0.29) is 12.1 Å². The first-order valence-corrected chi connectivity index (χ1v) is 7.57. The van der Waals surface area contributed by atoms with E-state index in [4.69, 9.17) is 14.2 Å². The monoisotopic (exact) mass is 313 g/mol. The summed E-state index contributed by atoms with van der Waals surface area (Å²) in [6.07, 6.45) is -0.431. The van der Waals surface area contributed by atoms with Crippen LogP contribution in [0.1, 0.15) is 12.5 Å². The third-order valence-corrected chi connectivity index (χ3v) is 3.69. The van der Waals surface area contributed by atoms with Crippen LogP contribution in [0.2, 0.25) is 0 Å². The molecule has 1 aliphatic heterocycles. The van der Waals surface area contributed by atoms with Gasteiger partial charge in [-0.3, -0.25) is 0 Å². The van der Waals surface area contributed by atoms with E-state index in [9.17, 15) is 4.79 Å². The fourth-order valence-corrected chi connectivity index (χ4v) is 2.18. The van der Waals surface area contributed by atoms with Gasteiger partial charge < -0.3 is 19.5 Å². The van der Waals surface area contributed by atoms with Crippen molar-refractivity contribution < 1.29 is 19.0 Å². The topological polar surface area (TPSA) is 56.8 Å². The lowest BCUT2D eigenvalue weighted by Crippen LogP contribution is -2.55. The number of rotatable bonds is 5. The molecule has 2 aromatic carbocycles. The van der Waals surface area contributed by atoms with E-state index in [0.717, 1.165) is 11.3 Å². The van der Waals surface area contributed by atoms with Crippen LogP contribution in [0.3, 0.4) is 0 Å². The van der Waals surface area contributed by atoms with Gasteiger partial charge in [-0.25, -0.2) is 4.79 Å². The van der Waals surface area contributed by atoms with Crippen molar-refractivity contribution in [2.45, 2.75) is 25.7 Å². The minimum absolute atomic E-state index is 0.0241. The molecule has 120 valence electrons. The molecular formula is C18H19NO4. The molecule has 1 fully saturated rings. The summed E-state index contributed by atoms with van der Waals surface area (Å²) in [5.74, 6) is 1.20. The zero-order valence-corrected chi connectivity index (χ0v) is 12.9. The number of carbonyl (C=O) groups excluding carboxylic acids is 1. The number of carbonyl (C=O) groups is 1. The highest BCUT2D eigenvalue weighted by Gasteiger charge is 2.29. The first-order chi connectivity index (χ1) is 11.2. The number of benzene rings is 2. The standard InChI is InChI=1S/C18H19NO4/c1-13-17(12-21-13)19-18(20)23-16-9-7-15(8-10-16)22-11-14-5-3-2-4-6-14/h2-10,13,17H,11-12H2,1H3,(H,19,20). The van der Waals surface area contributed by atoms with Gasteiger partial charge in [-0.15, -0.1) is 0 Å². The predicted molar refractivity (Wildman–Crippen MR) is 85.6 cm³/mol. The van der Waals surface area contributed by atoms with E-state index in [2.05, 4.69) is 5.32 Å². The number of hydrogen-bond donors (Lipinski definition) is 1. The minimum Gasteiger partial charge on any atom is -0.489 e. The predicted octanol–water partition coefficient (Wildman–Crippen LogP) is 3.14. The molecule has 1 saturated heterocycles. The third-order valence-electron chi connectivity index (χ3n) is 3.69. The number of amides is 1. The number of hydrogen-bond acceptors (Lipinski definition) is 4. The normalized spacial score (nSPS) is 19.5. The van der Waals surface area contributed by atoms with Gasteiger partial charge in [0.15, 0.2) is 0 Å². The third kappa shape index (κ3) is 4.23. The van der Waals surface area contributed by atoms with Gasteiger partial charge in [0, 0.05) is 0 Å². The van der Waals surface area contributed by atoms with Crippen LogP contribution in [0, 0.1) is 0 Å². The maximum absolute atomic E-state index is 11.7. The second kappa shape index (κ2) is 7.15. The lowest BCUT2D eigenvalue weighted by Gasteiger charge is -2.34. The summed E-state index contributed by atoms with van der Waals surface area (Å²) in [4.78, 5) is 11.7. The van der Waals surface area contributed by atoms with Crippen LogP contribution in [0.25, 0.3) is 0 Å². The van der Waals surface area contributed by atoms with E-state index in [0.29, 0.717) is 19.0 Å². The van der Waals surface area contributed by atoms with Crippen LogP contribution in [-0.4, -0.2) is 24.8 Å². The molecule has 1 amide bonds. The van der Waals surface area contributed by atoms with Crippen LogP contribution in [-0.2, 0) is 11.3 Å². The molecule has 5 nitrogen and oxygen atoms in total. The van der Waals surface area contributed by atoms with Crippen molar-refractivity contribution in [3.63, 3.8) is 0 Å². The van der Waals surface area contributed by atoms with Crippen molar-refractivity contribution in [2.24, 2.45) is 0 Å². The maximum Gasteiger partial charge on any atom is 0.412 e. The molecule has 5 heteroatoms. The van der Waals surface area contributed by atoms with Crippen LogP contribution < -0.4 is 14.8 Å². The van der Waals surface area contributed by atoms with Gasteiger partial charge >= 0.3 is 6.09 Å². The van der Waals surface area contributed by atoms with E-state index in [1.807, 2.05) is 37.3 Å². The van der Waals surface area contributed by atoms with Gasteiger partial charge in [0.2, 0.25) is 0 Å². The maximum atomic E-state index is 11.7. The van der Waals surface area contributed by atoms with Gasteiger partial charge in [-0.05, 0) is 36.8 Å². The van der Waals surface area contributed by atoms with E-state index in [1.54, 1.807) is 24.3 Å². The van der Waals surface area contributed by atoms with Gasteiger partial charge in [-0.2, -0.15) is 0 Å². The Morgan fingerprint density at radius 3 is 2.43 bits per heavy atom. The van der Waals surface area contributed by atoms with Crippen molar-refractivity contribution >= 4 is 6.09 Å². The smallest absolute Gasteiger partial charge is 0.412 e. The van der Waals surface area contributed by atoms with Gasteiger partial charge in [0.25, 0.3) is 0 Å². The molecule has 1 heterocycles. The van der Waals surface area contributed by atoms with Crippen LogP contribution in [0.15, 0.2) is 54.6 Å². The molecule has 23 heavy (non-hydrogen) atoms. The van der Waals surface area contributed by atoms with E-state index >= 15 is 0 Å². The Hall–Kier alpha value is -2.53. The van der Waals surface area contributed by atoms with Crippen molar-refractivity contribution in [3.05, 3.63) is 60.2 Å². The Labute approximate surface area is 135 Å². The second-order valence-corrected chi connectivity index (χ2v) is 5.42. The number of ether oxygens (including phenoxy) is 3. The Balaban J connectivity index is 1.47. The summed E-state index contributed by atoms with van der Waals surface area (Å²) in [5, 5.41) is 2.76. The Morgan fingerprint density at radius 1 is 1.13 bits per heavy atom. The Kier molecular flexibility index (Phi) is 4.78. The lowest BCUT2D eigenvalue weighted by atomic mass is 10.1. The summed E-state index contributed by atoms with van der Waals surface area (Å²) < 4.78 is 16.1. The summed E-state index contributed by atoms with van der Waals surface area (Å²) in [6, 6.07) is 16.9. The molecule has 0 aromatic heterocycles. The van der Waals surface area contributed by atoms with Crippen molar-refractivity contribution in [3.8, 4) is 11.5 Å². The fourth-order valence-electron chi connectivity index (χ4n) is 2.18. The van der Waals surface area contributed by atoms with Gasteiger partial charge in [0.05, 0.1) is 18.8 Å². The van der Waals surface area contributed by atoms with Crippen molar-refractivity contribution in [2.75, 3.05) is 6.61 Å². The number of nitrogens with one attached hydrogen (secondary N) is 1. The molecule has 2 atom stereocenters. The molecule has 0 saturated carbocycles. The Bertz CT molecular complexity index is 642. The molecule has 2 unspecified atom stereocenters. The van der Waals surface area contributed by atoms with Gasteiger partial charge in [0.1, 0.15) is 18.1 Å². The highest BCUT2D eigenvalue weighted by Crippen LogP contribution is 2.19. The summed E-state index contributed by atoms with van der Waals surface area (Å²) in [5.41, 5.74) is 1.10. The molecule has 1 aliphatic rings. The Morgan fingerprint density at radius 2 is 1.83 bits per heavy atom. The first-order valence-electron chi connectivity index (χ1n) is 7.57. The van der Waals surface area contributed by atoms with Crippen molar-refractivity contribution in [1.82, 2.24) is 5.32 Å². The molecule has 2 aromatic rings. The fraction of sp³-hybridized carbons (Fsp3) is 0.278. The molecule has 0 aliphatic carbocycles. The van der Waals surface area contributed by atoms with Crippen LogP contribution in [0.5, 0.6) is 11.5 Å². The SMILES string of the molecule is CC1OCC1NC(=O)Oc1ccc(OCc2ccccc2)cc1. The quantitative estimate of drug-likeness (QED) is 0.921. The summed E-state index contributed by atoms with van der Waals surface area (Å²) in [6.45, 7) is 2.94. The first kappa shape index (κ1) is 15.4. The zero-order chi connectivity index (χ0) is 16.1. The second-order valence-electron chi connectivity index (χ2n) is 5.42. The van der Waals surface area contributed by atoms with Crippen LogP contribution in [0.4, 0.5) is 4.79 Å². The minimum atomic E-state index is -0.469. The highest BCUT2D eigenvalue weighted by atomic mass is 16.6. The zero-order valence-electron chi connectivity index (χ0n) is 12.9.